The molecule has 182 valence electrons. The lowest BCUT2D eigenvalue weighted by Crippen LogP contribution is -2.43. The van der Waals surface area contributed by atoms with Gasteiger partial charge in [-0.15, -0.1) is 0 Å². The van der Waals surface area contributed by atoms with Gasteiger partial charge in [-0.05, 0) is 75.3 Å². The maximum atomic E-state index is 13.4. The number of hydrogen-bond donors (Lipinski definition) is 2. The van der Waals surface area contributed by atoms with E-state index in [4.69, 9.17) is 14.2 Å². The van der Waals surface area contributed by atoms with Crippen LogP contribution in [0.2, 0.25) is 0 Å². The average molecular weight is 462 g/mol. The van der Waals surface area contributed by atoms with Crippen molar-refractivity contribution in [2.75, 3.05) is 0 Å². The minimum absolute atomic E-state index is 0.00155. The number of hydrogen-bond acceptors (Lipinski definition) is 8. The molecule has 8 nitrogen and oxygen atoms in total. The highest BCUT2D eigenvalue weighted by Gasteiger charge is 2.44. The quantitative estimate of drug-likeness (QED) is 0.503. The van der Waals surface area contributed by atoms with Crippen LogP contribution in [0.4, 0.5) is 0 Å². The van der Waals surface area contributed by atoms with Crippen molar-refractivity contribution in [3.05, 3.63) is 34.7 Å². The van der Waals surface area contributed by atoms with Gasteiger partial charge in [0.05, 0.1) is 5.56 Å². The molecule has 8 heteroatoms. The Morgan fingerprint density at radius 1 is 0.939 bits per heavy atom. The van der Waals surface area contributed by atoms with E-state index in [0.29, 0.717) is 0 Å². The van der Waals surface area contributed by atoms with Crippen LogP contribution in [0, 0.1) is 0 Å². The fraction of sp³-hybridized carbons (Fsp3) is 0.560. The minimum atomic E-state index is -1.24. The SMILES string of the molecule is CC(=O)c1cc2c(cc1O)OC(NC(C)(C)C)=C(C(=O)OC(C)(C)C)C2C(=O)OC(C)(C)C. The number of phenols is 1. The highest BCUT2D eigenvalue weighted by Crippen LogP contribution is 2.44. The average Bonchev–Trinajstić information content (AvgIpc) is 2.55. The molecule has 0 saturated carbocycles. The van der Waals surface area contributed by atoms with Gasteiger partial charge in [0.2, 0.25) is 5.88 Å². The monoisotopic (exact) mass is 461 g/mol. The molecule has 0 radical (unpaired) electrons. The molecular weight excluding hydrogens is 426 g/mol. The Kier molecular flexibility index (Phi) is 6.93. The fourth-order valence-corrected chi connectivity index (χ4v) is 3.22. The number of carbonyl (C=O) groups excluding carboxylic acids is 3. The van der Waals surface area contributed by atoms with Crippen molar-refractivity contribution in [2.45, 2.75) is 91.9 Å². The van der Waals surface area contributed by atoms with Gasteiger partial charge in [-0.25, -0.2) is 4.79 Å². The Balaban J connectivity index is 2.83. The number of Topliss-reactive ketones (excluding diaryl/α,β-unsaturated/α-hetero) is 1. The molecule has 1 aliphatic rings. The molecule has 0 spiro atoms. The van der Waals surface area contributed by atoms with Crippen molar-refractivity contribution >= 4 is 17.7 Å². The summed E-state index contributed by atoms with van der Waals surface area (Å²) >= 11 is 0. The van der Waals surface area contributed by atoms with Crippen LogP contribution >= 0.6 is 0 Å². The van der Waals surface area contributed by atoms with Crippen LogP contribution in [0.1, 0.15) is 91.1 Å². The van der Waals surface area contributed by atoms with Gasteiger partial charge in [-0.3, -0.25) is 9.59 Å². The van der Waals surface area contributed by atoms with Crippen LogP contribution in [-0.4, -0.2) is 39.6 Å². The Hall–Kier alpha value is -3.03. The first kappa shape index (κ1) is 26.2. The van der Waals surface area contributed by atoms with Gasteiger partial charge in [-0.2, -0.15) is 0 Å². The van der Waals surface area contributed by atoms with Crippen LogP contribution in [0.3, 0.4) is 0 Å². The summed E-state index contributed by atoms with van der Waals surface area (Å²) in [6.07, 6.45) is 0. The summed E-state index contributed by atoms with van der Waals surface area (Å²) in [5, 5.41) is 13.5. The molecule has 1 aromatic rings. The number of rotatable bonds is 4. The molecular formula is C25H35NO7. The highest BCUT2D eigenvalue weighted by atomic mass is 16.6. The zero-order valence-electron chi connectivity index (χ0n) is 21.1. The lowest BCUT2D eigenvalue weighted by atomic mass is 9.86. The topological polar surface area (TPSA) is 111 Å². The molecule has 1 heterocycles. The van der Waals surface area contributed by atoms with Crippen molar-refractivity contribution in [1.29, 1.82) is 0 Å². The number of phenolic OH excluding ortho intramolecular Hbond substituents is 1. The van der Waals surface area contributed by atoms with Gasteiger partial charge in [0.25, 0.3) is 0 Å². The van der Waals surface area contributed by atoms with Crippen LogP contribution in [0.5, 0.6) is 11.5 Å². The van der Waals surface area contributed by atoms with Crippen molar-refractivity contribution < 1.29 is 33.7 Å². The van der Waals surface area contributed by atoms with E-state index in [1.54, 1.807) is 41.5 Å². The second-order valence-electron chi connectivity index (χ2n) is 11.2. The zero-order chi connectivity index (χ0) is 25.5. The summed E-state index contributed by atoms with van der Waals surface area (Å²) in [5.41, 5.74) is -2.06. The van der Waals surface area contributed by atoms with E-state index >= 15 is 0 Å². The number of fused-ring (bicyclic) bond motifs is 1. The van der Waals surface area contributed by atoms with Gasteiger partial charge in [0.1, 0.15) is 34.2 Å². The first-order valence-corrected chi connectivity index (χ1v) is 10.8. The third kappa shape index (κ3) is 6.73. The van der Waals surface area contributed by atoms with E-state index in [2.05, 4.69) is 5.32 Å². The Labute approximate surface area is 195 Å². The van der Waals surface area contributed by atoms with Gasteiger partial charge in [0, 0.05) is 17.2 Å². The number of benzene rings is 1. The third-order valence-electron chi connectivity index (χ3n) is 4.31. The summed E-state index contributed by atoms with van der Waals surface area (Å²) in [7, 11) is 0. The number of ether oxygens (including phenoxy) is 3. The Morgan fingerprint density at radius 3 is 1.94 bits per heavy atom. The van der Waals surface area contributed by atoms with Gasteiger partial charge < -0.3 is 24.6 Å². The molecule has 1 aromatic carbocycles. The summed E-state index contributed by atoms with van der Waals surface area (Å²) in [4.78, 5) is 38.9. The van der Waals surface area contributed by atoms with Gasteiger partial charge >= 0.3 is 11.9 Å². The van der Waals surface area contributed by atoms with E-state index in [1.807, 2.05) is 20.8 Å². The van der Waals surface area contributed by atoms with E-state index < -0.39 is 40.4 Å². The molecule has 2 N–H and O–H groups in total. The molecule has 1 atom stereocenters. The zero-order valence-corrected chi connectivity index (χ0v) is 21.1. The number of carbonyl (C=O) groups is 3. The Morgan fingerprint density at radius 2 is 1.48 bits per heavy atom. The summed E-state index contributed by atoms with van der Waals surface area (Å²) < 4.78 is 17.2. The third-order valence-corrected chi connectivity index (χ3v) is 4.31. The van der Waals surface area contributed by atoms with Crippen LogP contribution in [-0.2, 0) is 19.1 Å². The predicted molar refractivity (Wildman–Crippen MR) is 123 cm³/mol. The smallest absolute Gasteiger partial charge is 0.341 e. The second-order valence-corrected chi connectivity index (χ2v) is 11.2. The molecule has 0 aliphatic carbocycles. The summed E-state index contributed by atoms with van der Waals surface area (Å²) in [5.74, 6) is -3.25. The molecule has 1 unspecified atom stereocenters. The van der Waals surface area contributed by atoms with Crippen molar-refractivity contribution in [3.63, 3.8) is 0 Å². The van der Waals surface area contributed by atoms with Gasteiger partial charge in [0.15, 0.2) is 5.78 Å². The number of ketones is 1. The maximum absolute atomic E-state index is 13.4. The normalized spacial score (nSPS) is 16.5. The highest BCUT2D eigenvalue weighted by molar-refractivity contribution is 6.02. The van der Waals surface area contributed by atoms with E-state index in [1.165, 1.54) is 19.1 Å². The number of esters is 2. The lowest BCUT2D eigenvalue weighted by molar-refractivity contribution is -0.160. The van der Waals surface area contributed by atoms with E-state index in [0.717, 1.165) is 0 Å². The van der Waals surface area contributed by atoms with Crippen LogP contribution < -0.4 is 10.1 Å². The second kappa shape index (κ2) is 8.72. The fourth-order valence-electron chi connectivity index (χ4n) is 3.22. The number of nitrogens with one attached hydrogen (secondary N) is 1. The molecule has 0 aromatic heterocycles. The minimum Gasteiger partial charge on any atom is -0.507 e. The Bertz CT molecular complexity index is 1000. The molecule has 0 amide bonds. The van der Waals surface area contributed by atoms with Crippen LogP contribution in [0.15, 0.2) is 23.6 Å². The van der Waals surface area contributed by atoms with Gasteiger partial charge in [-0.1, -0.05) is 0 Å². The number of aromatic hydroxyl groups is 1. The van der Waals surface area contributed by atoms with Crippen molar-refractivity contribution in [2.24, 2.45) is 0 Å². The van der Waals surface area contributed by atoms with Crippen molar-refractivity contribution in [3.8, 4) is 11.5 Å². The first-order chi connectivity index (χ1) is 14.8. The summed E-state index contributed by atoms with van der Waals surface area (Å²) in [6.45, 7) is 17.2. The molecule has 0 saturated heterocycles. The predicted octanol–water partition coefficient (Wildman–Crippen LogP) is 4.35. The standard InChI is InChI=1S/C25H35NO7/c1-13(27)14-11-15-17(12-16(14)28)31-20(26-23(2,3)4)19(22(30)33-25(8,9)10)18(15)21(29)32-24(5,6)7/h11-12,18,26,28H,1-10H3. The maximum Gasteiger partial charge on any atom is 0.341 e. The molecule has 2 rings (SSSR count). The van der Waals surface area contributed by atoms with E-state index in [9.17, 15) is 19.5 Å². The first-order valence-electron chi connectivity index (χ1n) is 10.8. The van der Waals surface area contributed by atoms with Crippen LogP contribution in [0.25, 0.3) is 0 Å². The summed E-state index contributed by atoms with van der Waals surface area (Å²) in [6, 6.07) is 2.62. The van der Waals surface area contributed by atoms with E-state index in [-0.39, 0.29) is 34.1 Å². The van der Waals surface area contributed by atoms with Crippen molar-refractivity contribution in [1.82, 2.24) is 5.32 Å². The molecule has 33 heavy (non-hydrogen) atoms. The largest absolute Gasteiger partial charge is 0.507 e. The molecule has 1 aliphatic heterocycles. The molecule has 0 bridgehead atoms. The lowest BCUT2D eigenvalue weighted by Gasteiger charge is -2.34. The molecule has 0 fully saturated rings.